The van der Waals surface area contributed by atoms with Gasteiger partial charge >= 0.3 is 18.2 Å². The van der Waals surface area contributed by atoms with Crippen molar-refractivity contribution in [3.05, 3.63) is 77.6 Å². The minimum Gasteiger partial charge on any atom is -0.492 e. The predicted molar refractivity (Wildman–Crippen MR) is 168 cm³/mol. The Morgan fingerprint density at radius 1 is 1.12 bits per heavy atom. The van der Waals surface area contributed by atoms with E-state index in [1.807, 2.05) is 29.6 Å². The van der Waals surface area contributed by atoms with Crippen molar-refractivity contribution in [2.45, 2.75) is 42.4 Å². The van der Waals surface area contributed by atoms with Gasteiger partial charge in [-0.2, -0.15) is 18.3 Å². The van der Waals surface area contributed by atoms with E-state index >= 15 is 0 Å². The number of aryl methyl sites for hydroxylation is 1. The van der Waals surface area contributed by atoms with Crippen molar-refractivity contribution in [3.63, 3.8) is 0 Å². The summed E-state index contributed by atoms with van der Waals surface area (Å²) in [6.07, 6.45) is -3.09. The van der Waals surface area contributed by atoms with Crippen LogP contribution in [0.4, 0.5) is 23.7 Å². The van der Waals surface area contributed by atoms with Crippen molar-refractivity contribution < 1.29 is 41.8 Å². The van der Waals surface area contributed by atoms with Gasteiger partial charge in [0, 0.05) is 44.2 Å². The zero-order chi connectivity index (χ0) is 34.9. The molecule has 4 amide bonds. The molecule has 12 nitrogen and oxygen atoms in total. The number of halogens is 3. The van der Waals surface area contributed by atoms with Gasteiger partial charge in [-0.15, -0.1) is 0 Å². The number of hydrogen-bond donors (Lipinski definition) is 2. The molecule has 2 aromatic carbocycles. The molecule has 1 aliphatic carbocycles. The molecular weight excluding hydrogens is 645 g/mol. The van der Waals surface area contributed by atoms with Gasteiger partial charge in [0.25, 0.3) is 5.91 Å². The Labute approximate surface area is 279 Å². The van der Waals surface area contributed by atoms with Crippen LogP contribution < -0.4 is 19.9 Å². The number of rotatable bonds is 6. The van der Waals surface area contributed by atoms with Gasteiger partial charge in [0.1, 0.15) is 36.3 Å². The molecule has 1 spiro atoms. The number of ether oxygens (including phenoxy) is 2. The van der Waals surface area contributed by atoms with Gasteiger partial charge in [-0.05, 0) is 36.2 Å². The molecule has 7 rings (SSSR count). The number of amides is 4. The molecule has 0 bridgehead atoms. The van der Waals surface area contributed by atoms with E-state index < -0.39 is 47.5 Å². The minimum absolute atomic E-state index is 0.0719. The molecule has 4 heterocycles. The first-order valence-electron chi connectivity index (χ1n) is 16.0. The molecule has 258 valence electrons. The van der Waals surface area contributed by atoms with E-state index in [4.69, 9.17) is 9.47 Å². The first-order valence-corrected chi connectivity index (χ1v) is 16.0. The standard InChI is InChI=1S/C34H35F3N6O6/c1-41-23(12-14-39-41)28(44)40-27-26-22-6-4-5-7-24(22)49-19-33(26)16-25(33)43(2,29(27)45)21-10-8-20(9-11-21)32(30(46)38-17-34(35,36)37)13-15-42(18-32)31(47)48-3/h4-12,14,25-27H,13,15-19H2,1-3H3,(H-,38,40,44,46)/p+1/t25?,26?,27-,32?,33?,43?/m0/s1. The Balaban J connectivity index is 1.25. The minimum atomic E-state index is -4.63. The number of benzene rings is 2. The summed E-state index contributed by atoms with van der Waals surface area (Å²) in [5.74, 6) is -1.22. The summed E-state index contributed by atoms with van der Waals surface area (Å²) in [5.41, 5.74) is 0.189. The third-order valence-corrected chi connectivity index (χ3v) is 11.0. The van der Waals surface area contributed by atoms with E-state index in [1.165, 1.54) is 22.9 Å². The monoisotopic (exact) mass is 681 g/mol. The number of para-hydroxylation sites is 1. The summed E-state index contributed by atoms with van der Waals surface area (Å²) in [7, 11) is 4.64. The highest BCUT2D eigenvalue weighted by Crippen LogP contribution is 2.68. The number of nitrogens with one attached hydrogen (secondary N) is 2. The Hall–Kier alpha value is -4.92. The molecule has 2 saturated heterocycles. The fourth-order valence-corrected chi connectivity index (χ4v) is 8.41. The van der Waals surface area contributed by atoms with Crippen molar-refractivity contribution in [1.82, 2.24) is 29.8 Å². The van der Waals surface area contributed by atoms with Crippen LogP contribution in [0.1, 0.15) is 40.4 Å². The molecule has 0 radical (unpaired) electrons. The quantitative estimate of drug-likeness (QED) is 0.383. The van der Waals surface area contributed by atoms with Crippen LogP contribution in [-0.4, -0.2) is 97.2 Å². The number of carbonyl (C=O) groups is 4. The summed E-state index contributed by atoms with van der Waals surface area (Å²) in [6.45, 7) is -1.25. The molecule has 3 aliphatic heterocycles. The lowest BCUT2D eigenvalue weighted by Crippen LogP contribution is -2.69. The Morgan fingerprint density at radius 2 is 1.86 bits per heavy atom. The van der Waals surface area contributed by atoms with Crippen LogP contribution in [0.25, 0.3) is 0 Å². The van der Waals surface area contributed by atoms with Gasteiger partial charge < -0.3 is 25.0 Å². The van der Waals surface area contributed by atoms with Crippen molar-refractivity contribution in [3.8, 4) is 5.75 Å². The zero-order valence-electron chi connectivity index (χ0n) is 27.1. The maximum Gasteiger partial charge on any atom is 0.409 e. The van der Waals surface area contributed by atoms with Crippen LogP contribution in [0.5, 0.6) is 5.75 Å². The Kier molecular flexibility index (Phi) is 7.54. The normalized spacial score (nSPS) is 30.0. The number of likely N-dealkylation sites (N-methyl/N-ethyl adjacent to an activating group) is 1. The largest absolute Gasteiger partial charge is 0.492 e. The lowest BCUT2D eigenvalue weighted by molar-refractivity contribution is -0.141. The van der Waals surface area contributed by atoms with Gasteiger partial charge in [0.15, 0.2) is 6.04 Å². The number of likely N-dealkylation sites (tertiary alicyclic amines) is 2. The van der Waals surface area contributed by atoms with Crippen LogP contribution in [0.3, 0.4) is 0 Å². The molecule has 6 atom stereocenters. The molecule has 15 heteroatoms. The number of quaternary nitrogens is 1. The van der Waals surface area contributed by atoms with Crippen LogP contribution in [0.15, 0.2) is 60.8 Å². The highest BCUT2D eigenvalue weighted by atomic mass is 19.4. The molecule has 1 aromatic heterocycles. The zero-order valence-corrected chi connectivity index (χ0v) is 27.1. The number of fused-ring (bicyclic) bond motifs is 2. The fraction of sp³-hybridized carbons (Fsp3) is 0.441. The summed E-state index contributed by atoms with van der Waals surface area (Å²) in [4.78, 5) is 55.5. The van der Waals surface area contributed by atoms with E-state index in [9.17, 15) is 32.3 Å². The summed E-state index contributed by atoms with van der Waals surface area (Å²) >= 11 is 0. The molecule has 4 aliphatic rings. The lowest BCUT2D eigenvalue weighted by atomic mass is 9.72. The lowest BCUT2D eigenvalue weighted by Gasteiger charge is -2.47. The Morgan fingerprint density at radius 3 is 2.53 bits per heavy atom. The summed E-state index contributed by atoms with van der Waals surface area (Å²) in [6, 6.07) is 14.7. The average molecular weight is 682 g/mol. The van der Waals surface area contributed by atoms with Gasteiger partial charge in [0.2, 0.25) is 5.91 Å². The molecule has 1 saturated carbocycles. The first-order chi connectivity index (χ1) is 23.2. The van der Waals surface area contributed by atoms with Gasteiger partial charge in [-0.3, -0.25) is 14.3 Å². The molecule has 5 unspecified atom stereocenters. The van der Waals surface area contributed by atoms with Crippen molar-refractivity contribution in [2.24, 2.45) is 12.5 Å². The molecule has 3 fully saturated rings. The highest BCUT2D eigenvalue weighted by molar-refractivity contribution is 6.02. The fourth-order valence-electron chi connectivity index (χ4n) is 8.41. The molecule has 3 aromatic rings. The number of piperidine rings is 1. The van der Waals surface area contributed by atoms with E-state index in [0.29, 0.717) is 35.7 Å². The second kappa shape index (κ2) is 11.3. The maximum absolute atomic E-state index is 14.8. The third-order valence-electron chi connectivity index (χ3n) is 11.0. The molecule has 49 heavy (non-hydrogen) atoms. The van der Waals surface area contributed by atoms with E-state index in [0.717, 1.165) is 5.56 Å². The second-order valence-electron chi connectivity index (χ2n) is 13.5. The average Bonchev–Trinajstić information content (AvgIpc) is 3.39. The van der Waals surface area contributed by atoms with Crippen LogP contribution in [0.2, 0.25) is 0 Å². The SMILES string of the molecule is COC(=O)N1CCC(C(=O)NCC(F)(F)F)(c2ccc([N+]3(C)C(=O)[C@@H](NC(=O)c4ccnn4C)C4c5ccccc5OCC45CC53)cc2)C1. The van der Waals surface area contributed by atoms with Gasteiger partial charge in [0.05, 0.1) is 25.0 Å². The van der Waals surface area contributed by atoms with Crippen molar-refractivity contribution in [2.75, 3.05) is 40.4 Å². The second-order valence-corrected chi connectivity index (χ2v) is 13.5. The number of aromatic nitrogens is 2. The van der Waals surface area contributed by atoms with Gasteiger partial charge in [-0.25, -0.2) is 14.1 Å². The summed E-state index contributed by atoms with van der Waals surface area (Å²) < 4.78 is 51.7. The van der Waals surface area contributed by atoms with E-state index in [-0.39, 0.29) is 41.9 Å². The van der Waals surface area contributed by atoms with Gasteiger partial charge in [-0.1, -0.05) is 30.3 Å². The smallest absolute Gasteiger partial charge is 0.409 e. The third kappa shape index (κ3) is 5.04. The predicted octanol–water partition coefficient (Wildman–Crippen LogP) is 3.02. The topological polar surface area (TPSA) is 132 Å². The van der Waals surface area contributed by atoms with Crippen LogP contribution >= 0.6 is 0 Å². The maximum atomic E-state index is 14.8. The highest BCUT2D eigenvalue weighted by Gasteiger charge is 2.78. The number of alkyl halides is 3. The number of methoxy groups -OCH3 is 1. The molecular formula is C34H36F3N6O6+. The number of hydrogen-bond acceptors (Lipinski definition) is 7. The van der Waals surface area contributed by atoms with E-state index in [1.54, 1.807) is 44.4 Å². The number of nitrogens with zero attached hydrogens (tertiary/aromatic N) is 4. The molecule has 2 N–H and O–H groups in total. The van der Waals surface area contributed by atoms with Crippen LogP contribution in [-0.2, 0) is 26.8 Å². The summed E-state index contributed by atoms with van der Waals surface area (Å²) in [5, 5.41) is 9.14. The van der Waals surface area contributed by atoms with Crippen molar-refractivity contribution in [1.29, 1.82) is 0 Å². The van der Waals surface area contributed by atoms with Crippen LogP contribution in [0, 0.1) is 5.41 Å². The number of carbonyl (C=O) groups excluding carboxylic acids is 4. The van der Waals surface area contributed by atoms with Crippen molar-refractivity contribution >= 4 is 29.5 Å². The van der Waals surface area contributed by atoms with E-state index in [2.05, 4.69) is 10.4 Å². The Bertz CT molecular complexity index is 1850. The first kappa shape index (κ1) is 32.6.